The lowest BCUT2D eigenvalue weighted by Gasteiger charge is -2.08. The van der Waals surface area contributed by atoms with Crippen molar-refractivity contribution in [1.29, 1.82) is 0 Å². The largest absolute Gasteiger partial charge is 0.422 e. The summed E-state index contributed by atoms with van der Waals surface area (Å²) in [5, 5.41) is 2.48. The molecule has 114 valence electrons. The lowest BCUT2D eigenvalue weighted by Crippen LogP contribution is -2.00. The minimum Gasteiger partial charge on any atom is -0.422 e. The molecule has 0 bridgehead atoms. The summed E-state index contributed by atoms with van der Waals surface area (Å²) in [5.41, 5.74) is 3.24. The minimum atomic E-state index is -0.297. The monoisotopic (exact) mass is 311 g/mol. The van der Waals surface area contributed by atoms with E-state index < -0.39 is 0 Å². The molecular weight excluding hydrogens is 298 g/mol. The fraction of sp³-hybridized carbons (Fsp3) is 0. The third-order valence-electron chi connectivity index (χ3n) is 4.44. The molecule has 3 aromatic carbocycles. The molecule has 0 aliphatic heterocycles. The summed E-state index contributed by atoms with van der Waals surface area (Å²) in [4.78, 5) is 12.7. The second-order valence-corrected chi connectivity index (χ2v) is 5.80. The van der Waals surface area contributed by atoms with Gasteiger partial charge < -0.3 is 8.98 Å². The lowest BCUT2D eigenvalue weighted by atomic mass is 10.1. The van der Waals surface area contributed by atoms with Gasteiger partial charge in [0, 0.05) is 16.5 Å². The molecule has 5 aromatic rings. The summed E-state index contributed by atoms with van der Waals surface area (Å²) in [7, 11) is 0. The molecule has 0 saturated carbocycles. The molecule has 5 rings (SSSR count). The van der Waals surface area contributed by atoms with E-state index in [0.717, 1.165) is 27.5 Å². The van der Waals surface area contributed by atoms with Gasteiger partial charge >= 0.3 is 5.63 Å². The van der Waals surface area contributed by atoms with E-state index in [1.165, 1.54) is 0 Å². The molecule has 2 heterocycles. The topological polar surface area (TPSA) is 35.1 Å². The second kappa shape index (κ2) is 4.83. The molecule has 3 heteroatoms. The van der Waals surface area contributed by atoms with E-state index in [0.29, 0.717) is 11.0 Å². The van der Waals surface area contributed by atoms with Crippen molar-refractivity contribution in [3.63, 3.8) is 0 Å². The van der Waals surface area contributed by atoms with Crippen molar-refractivity contribution in [3.8, 4) is 5.69 Å². The average Bonchev–Trinajstić information content (AvgIpc) is 2.98. The molecule has 0 amide bonds. The zero-order chi connectivity index (χ0) is 16.1. The summed E-state index contributed by atoms with van der Waals surface area (Å²) < 4.78 is 7.71. The molecular formula is C21H13NO2. The van der Waals surface area contributed by atoms with Crippen molar-refractivity contribution < 1.29 is 4.42 Å². The fourth-order valence-electron chi connectivity index (χ4n) is 3.45. The summed E-state index contributed by atoms with van der Waals surface area (Å²) in [5.74, 6) is 0. The van der Waals surface area contributed by atoms with Gasteiger partial charge in [-0.3, -0.25) is 0 Å². The Labute approximate surface area is 137 Å². The molecule has 0 radical (unpaired) electrons. The van der Waals surface area contributed by atoms with Crippen LogP contribution in [-0.4, -0.2) is 4.57 Å². The molecule has 0 atom stereocenters. The highest BCUT2D eigenvalue weighted by Gasteiger charge is 2.18. The number of hydrogen-bond acceptors (Lipinski definition) is 2. The van der Waals surface area contributed by atoms with Crippen LogP contribution in [0.15, 0.2) is 88.1 Å². The van der Waals surface area contributed by atoms with Gasteiger partial charge in [-0.05, 0) is 30.3 Å². The highest BCUT2D eigenvalue weighted by Crippen LogP contribution is 2.34. The molecule has 0 N–H and O–H groups in total. The molecule has 0 fully saturated rings. The third-order valence-corrected chi connectivity index (χ3v) is 4.44. The second-order valence-electron chi connectivity index (χ2n) is 5.80. The van der Waals surface area contributed by atoms with Crippen molar-refractivity contribution in [3.05, 3.63) is 89.3 Å². The normalized spacial score (nSPS) is 11.5. The number of benzene rings is 3. The first-order valence-electron chi connectivity index (χ1n) is 7.85. The molecule has 0 saturated heterocycles. The predicted octanol–water partition coefficient (Wildman–Crippen LogP) is 4.89. The lowest BCUT2D eigenvalue weighted by molar-refractivity contribution is 0.570. The number of rotatable bonds is 1. The molecule has 0 aliphatic rings. The number of nitrogens with zero attached hydrogens (tertiary/aromatic N) is 1. The maximum absolute atomic E-state index is 12.7. The van der Waals surface area contributed by atoms with Crippen molar-refractivity contribution in [2.45, 2.75) is 0 Å². The molecule has 0 unspecified atom stereocenters. The van der Waals surface area contributed by atoms with Gasteiger partial charge in [-0.25, -0.2) is 4.79 Å². The van der Waals surface area contributed by atoms with Crippen LogP contribution in [-0.2, 0) is 0 Å². The van der Waals surface area contributed by atoms with Crippen LogP contribution >= 0.6 is 0 Å². The van der Waals surface area contributed by atoms with Gasteiger partial charge in [0.1, 0.15) is 5.58 Å². The van der Waals surface area contributed by atoms with Crippen LogP contribution in [0.3, 0.4) is 0 Å². The van der Waals surface area contributed by atoms with Crippen molar-refractivity contribution in [1.82, 2.24) is 4.57 Å². The number of para-hydroxylation sites is 3. The first-order chi connectivity index (χ1) is 11.8. The molecule has 24 heavy (non-hydrogen) atoms. The Bertz CT molecular complexity index is 1260. The maximum atomic E-state index is 12.7. The van der Waals surface area contributed by atoms with Crippen LogP contribution in [0.1, 0.15) is 0 Å². The summed E-state index contributed by atoms with van der Waals surface area (Å²) >= 11 is 0. The van der Waals surface area contributed by atoms with Crippen LogP contribution in [0.2, 0.25) is 0 Å². The Morgan fingerprint density at radius 2 is 1.38 bits per heavy atom. The van der Waals surface area contributed by atoms with Crippen LogP contribution in [0.25, 0.3) is 38.5 Å². The predicted molar refractivity (Wildman–Crippen MR) is 96.8 cm³/mol. The van der Waals surface area contributed by atoms with Gasteiger partial charge in [-0.1, -0.05) is 48.5 Å². The van der Waals surface area contributed by atoms with Gasteiger partial charge in [0.25, 0.3) is 0 Å². The van der Waals surface area contributed by atoms with E-state index in [1.807, 2.05) is 66.7 Å². The SMILES string of the molecule is O=c1oc2ccccc2c2c1c1ccccc1n2-c1ccccc1. The van der Waals surface area contributed by atoms with E-state index in [2.05, 4.69) is 16.7 Å². The zero-order valence-electron chi connectivity index (χ0n) is 12.8. The van der Waals surface area contributed by atoms with Gasteiger partial charge in [-0.2, -0.15) is 0 Å². The number of hydrogen-bond donors (Lipinski definition) is 0. The standard InChI is InChI=1S/C21H13NO2/c23-21-19-15-10-4-6-12-17(15)22(14-8-2-1-3-9-14)20(19)16-11-5-7-13-18(16)24-21/h1-13H. The Kier molecular flexibility index (Phi) is 2.65. The van der Waals surface area contributed by atoms with Crippen LogP contribution < -0.4 is 5.63 Å². The quantitative estimate of drug-likeness (QED) is 0.413. The first kappa shape index (κ1) is 13.1. The van der Waals surface area contributed by atoms with Gasteiger partial charge in [0.15, 0.2) is 0 Å². The fourth-order valence-corrected chi connectivity index (χ4v) is 3.45. The van der Waals surface area contributed by atoms with Crippen LogP contribution in [0, 0.1) is 0 Å². The highest BCUT2D eigenvalue weighted by molar-refractivity contribution is 6.16. The Morgan fingerprint density at radius 3 is 2.21 bits per heavy atom. The Balaban J connectivity index is 2.16. The molecule has 2 aromatic heterocycles. The van der Waals surface area contributed by atoms with E-state index >= 15 is 0 Å². The average molecular weight is 311 g/mol. The smallest absolute Gasteiger partial charge is 0.346 e. The van der Waals surface area contributed by atoms with E-state index in [-0.39, 0.29) is 5.63 Å². The summed E-state index contributed by atoms with van der Waals surface area (Å²) in [6, 6.07) is 25.7. The van der Waals surface area contributed by atoms with Crippen LogP contribution in [0.4, 0.5) is 0 Å². The van der Waals surface area contributed by atoms with E-state index in [4.69, 9.17) is 4.42 Å². The Hall–Kier alpha value is -3.33. The maximum Gasteiger partial charge on any atom is 0.346 e. The van der Waals surface area contributed by atoms with Crippen LogP contribution in [0.5, 0.6) is 0 Å². The molecule has 3 nitrogen and oxygen atoms in total. The minimum absolute atomic E-state index is 0.297. The van der Waals surface area contributed by atoms with Crippen molar-refractivity contribution in [2.75, 3.05) is 0 Å². The Morgan fingerprint density at radius 1 is 0.708 bits per heavy atom. The third kappa shape index (κ3) is 1.69. The summed E-state index contributed by atoms with van der Waals surface area (Å²) in [6.45, 7) is 0. The number of aromatic nitrogens is 1. The van der Waals surface area contributed by atoms with Gasteiger partial charge in [0.05, 0.1) is 16.4 Å². The number of fused-ring (bicyclic) bond motifs is 5. The van der Waals surface area contributed by atoms with E-state index in [9.17, 15) is 4.79 Å². The van der Waals surface area contributed by atoms with Crippen molar-refractivity contribution in [2.24, 2.45) is 0 Å². The zero-order valence-corrected chi connectivity index (χ0v) is 12.8. The van der Waals surface area contributed by atoms with Crippen molar-refractivity contribution >= 4 is 32.8 Å². The van der Waals surface area contributed by atoms with E-state index in [1.54, 1.807) is 0 Å². The first-order valence-corrected chi connectivity index (χ1v) is 7.85. The summed E-state index contributed by atoms with van der Waals surface area (Å²) in [6.07, 6.45) is 0. The molecule has 0 spiro atoms. The van der Waals surface area contributed by atoms with Gasteiger partial charge in [0.2, 0.25) is 0 Å². The highest BCUT2D eigenvalue weighted by atomic mass is 16.4. The molecule has 0 aliphatic carbocycles. The van der Waals surface area contributed by atoms with Gasteiger partial charge in [-0.15, -0.1) is 0 Å².